The highest BCUT2D eigenvalue weighted by atomic mass is 32.2. The lowest BCUT2D eigenvalue weighted by atomic mass is 10.0. The molecular formula is C10H24N2O2S. The fourth-order valence-electron chi connectivity index (χ4n) is 1.23. The monoisotopic (exact) mass is 236 g/mol. The molecule has 0 aliphatic rings. The molecule has 0 fully saturated rings. The molecule has 0 spiro atoms. The van der Waals surface area contributed by atoms with Gasteiger partial charge in [0.25, 0.3) is 0 Å². The number of hydrogen-bond acceptors (Lipinski definition) is 3. The molecule has 1 unspecified atom stereocenters. The van der Waals surface area contributed by atoms with E-state index in [9.17, 15) is 8.42 Å². The molecule has 0 heterocycles. The Labute approximate surface area is 93.7 Å². The summed E-state index contributed by atoms with van der Waals surface area (Å²) >= 11 is 0. The van der Waals surface area contributed by atoms with E-state index in [1.54, 1.807) is 0 Å². The molecule has 1 atom stereocenters. The van der Waals surface area contributed by atoms with Crippen LogP contribution in [-0.2, 0) is 10.0 Å². The predicted octanol–water partition coefficient (Wildman–Crippen LogP) is 1.08. The summed E-state index contributed by atoms with van der Waals surface area (Å²) in [5, 5.41) is 0. The molecule has 0 amide bonds. The number of nitrogens with one attached hydrogen (secondary N) is 1. The molecule has 0 radical (unpaired) electrons. The van der Waals surface area contributed by atoms with Crippen LogP contribution < -0.4 is 10.5 Å². The summed E-state index contributed by atoms with van der Waals surface area (Å²) in [5.41, 5.74) is 5.49. The van der Waals surface area contributed by atoms with Crippen molar-refractivity contribution < 1.29 is 8.42 Å². The van der Waals surface area contributed by atoms with Crippen LogP contribution in [0.5, 0.6) is 0 Å². The summed E-state index contributed by atoms with van der Waals surface area (Å²) < 4.78 is 25.7. The standard InChI is InChI=1S/C10H24N2O2S/c1-5-9(11)6-7-12-15(13,14)8-10(2,3)4/h9,12H,5-8,11H2,1-4H3. The summed E-state index contributed by atoms with van der Waals surface area (Å²) in [5.74, 6) is 0.154. The van der Waals surface area contributed by atoms with Gasteiger partial charge in [-0.25, -0.2) is 13.1 Å². The first kappa shape index (κ1) is 14.9. The third kappa shape index (κ3) is 8.84. The lowest BCUT2D eigenvalue weighted by Gasteiger charge is -2.18. The molecule has 0 aliphatic carbocycles. The molecule has 0 aromatic carbocycles. The maximum atomic E-state index is 11.6. The van der Waals surface area contributed by atoms with Crippen LogP contribution in [0.2, 0.25) is 0 Å². The number of hydrogen-bond donors (Lipinski definition) is 2. The van der Waals surface area contributed by atoms with Gasteiger partial charge in [0.1, 0.15) is 0 Å². The maximum Gasteiger partial charge on any atom is 0.212 e. The molecule has 15 heavy (non-hydrogen) atoms. The Balaban J connectivity index is 3.96. The van der Waals surface area contributed by atoms with Crippen LogP contribution in [0.1, 0.15) is 40.5 Å². The van der Waals surface area contributed by atoms with Crippen LogP contribution in [0.3, 0.4) is 0 Å². The van der Waals surface area contributed by atoms with Crippen LogP contribution in [0.15, 0.2) is 0 Å². The Bertz CT molecular complexity index is 268. The molecule has 3 N–H and O–H groups in total. The summed E-state index contributed by atoms with van der Waals surface area (Å²) in [7, 11) is -3.15. The minimum Gasteiger partial charge on any atom is -0.328 e. The van der Waals surface area contributed by atoms with Gasteiger partial charge in [-0.15, -0.1) is 0 Å². The highest BCUT2D eigenvalue weighted by Gasteiger charge is 2.20. The Hall–Kier alpha value is -0.130. The van der Waals surface area contributed by atoms with Gasteiger partial charge in [0, 0.05) is 12.6 Å². The van der Waals surface area contributed by atoms with Crippen LogP contribution in [0.25, 0.3) is 0 Å². The fourth-order valence-corrected chi connectivity index (χ4v) is 2.90. The average Bonchev–Trinajstić information content (AvgIpc) is 1.98. The lowest BCUT2D eigenvalue weighted by Crippen LogP contribution is -2.35. The minimum atomic E-state index is -3.15. The van der Waals surface area contributed by atoms with Crippen molar-refractivity contribution in [3.05, 3.63) is 0 Å². The molecule has 0 rings (SSSR count). The zero-order chi connectivity index (χ0) is 12.1. The van der Waals surface area contributed by atoms with Crippen LogP contribution in [0, 0.1) is 5.41 Å². The normalized spacial score (nSPS) is 15.3. The third-order valence-electron chi connectivity index (χ3n) is 1.98. The van der Waals surface area contributed by atoms with E-state index < -0.39 is 10.0 Å². The van der Waals surface area contributed by atoms with E-state index in [1.165, 1.54) is 0 Å². The fraction of sp³-hybridized carbons (Fsp3) is 1.00. The Morgan fingerprint density at radius 3 is 2.27 bits per heavy atom. The Morgan fingerprint density at radius 2 is 1.87 bits per heavy atom. The zero-order valence-corrected chi connectivity index (χ0v) is 11.0. The topological polar surface area (TPSA) is 72.2 Å². The Kier molecular flexibility index (Phi) is 5.77. The van der Waals surface area contributed by atoms with Crippen LogP contribution >= 0.6 is 0 Å². The first-order valence-corrected chi connectivity index (χ1v) is 7.04. The highest BCUT2D eigenvalue weighted by molar-refractivity contribution is 7.89. The van der Waals surface area contributed by atoms with Crippen molar-refractivity contribution in [3.8, 4) is 0 Å². The van der Waals surface area contributed by atoms with Gasteiger partial charge in [0.15, 0.2) is 0 Å². The van der Waals surface area contributed by atoms with E-state index in [0.29, 0.717) is 13.0 Å². The second kappa shape index (κ2) is 5.82. The van der Waals surface area contributed by atoms with E-state index in [4.69, 9.17) is 5.73 Å². The van der Waals surface area contributed by atoms with Crippen molar-refractivity contribution in [1.29, 1.82) is 0 Å². The first-order chi connectivity index (χ1) is 6.66. The number of sulfonamides is 1. The van der Waals surface area contributed by atoms with E-state index in [-0.39, 0.29) is 17.2 Å². The predicted molar refractivity (Wildman–Crippen MR) is 64.1 cm³/mol. The van der Waals surface area contributed by atoms with E-state index in [1.807, 2.05) is 27.7 Å². The Morgan fingerprint density at radius 1 is 1.33 bits per heavy atom. The van der Waals surface area contributed by atoms with E-state index >= 15 is 0 Å². The van der Waals surface area contributed by atoms with E-state index in [0.717, 1.165) is 6.42 Å². The van der Waals surface area contributed by atoms with E-state index in [2.05, 4.69) is 4.72 Å². The molecule has 0 saturated carbocycles. The van der Waals surface area contributed by atoms with Crippen LogP contribution in [-0.4, -0.2) is 26.8 Å². The van der Waals surface area contributed by atoms with Gasteiger partial charge < -0.3 is 5.73 Å². The van der Waals surface area contributed by atoms with Gasteiger partial charge in [-0.05, 0) is 18.3 Å². The van der Waals surface area contributed by atoms with Gasteiger partial charge >= 0.3 is 0 Å². The van der Waals surface area contributed by atoms with Crippen molar-refractivity contribution in [3.63, 3.8) is 0 Å². The summed E-state index contributed by atoms with van der Waals surface area (Å²) in [6.07, 6.45) is 1.57. The third-order valence-corrected chi connectivity index (χ3v) is 3.87. The van der Waals surface area contributed by atoms with Gasteiger partial charge in [-0.1, -0.05) is 27.7 Å². The largest absolute Gasteiger partial charge is 0.328 e. The molecule has 0 aromatic rings. The first-order valence-electron chi connectivity index (χ1n) is 5.39. The molecule has 4 nitrogen and oxygen atoms in total. The molecule has 0 bridgehead atoms. The summed E-state index contributed by atoms with van der Waals surface area (Å²) in [6, 6.07) is 0.0855. The minimum absolute atomic E-state index is 0.0855. The van der Waals surface area contributed by atoms with Gasteiger partial charge in [-0.3, -0.25) is 0 Å². The van der Waals surface area contributed by atoms with Crippen molar-refractivity contribution >= 4 is 10.0 Å². The number of rotatable bonds is 6. The lowest BCUT2D eigenvalue weighted by molar-refractivity contribution is 0.457. The molecule has 92 valence electrons. The van der Waals surface area contributed by atoms with Crippen molar-refractivity contribution in [2.45, 2.75) is 46.6 Å². The maximum absolute atomic E-state index is 11.6. The SMILES string of the molecule is CCC(N)CCNS(=O)(=O)CC(C)(C)C. The van der Waals surface area contributed by atoms with Gasteiger partial charge in [0.2, 0.25) is 10.0 Å². The second-order valence-electron chi connectivity index (χ2n) is 5.17. The van der Waals surface area contributed by atoms with Crippen molar-refractivity contribution in [1.82, 2.24) is 4.72 Å². The smallest absolute Gasteiger partial charge is 0.212 e. The average molecular weight is 236 g/mol. The second-order valence-corrected chi connectivity index (χ2v) is 6.98. The number of nitrogens with two attached hydrogens (primary N) is 1. The highest BCUT2D eigenvalue weighted by Crippen LogP contribution is 2.15. The van der Waals surface area contributed by atoms with Crippen molar-refractivity contribution in [2.24, 2.45) is 11.1 Å². The summed E-state index contributed by atoms with van der Waals surface area (Å²) in [4.78, 5) is 0. The molecule has 5 heteroatoms. The van der Waals surface area contributed by atoms with Crippen LogP contribution in [0.4, 0.5) is 0 Å². The molecular weight excluding hydrogens is 212 g/mol. The van der Waals surface area contributed by atoms with Gasteiger partial charge in [-0.2, -0.15) is 0 Å². The quantitative estimate of drug-likeness (QED) is 0.725. The summed E-state index contributed by atoms with van der Waals surface area (Å²) in [6.45, 7) is 8.15. The van der Waals surface area contributed by atoms with Crippen molar-refractivity contribution in [2.75, 3.05) is 12.3 Å². The molecule has 0 saturated heterocycles. The molecule has 0 aromatic heterocycles. The zero-order valence-electron chi connectivity index (χ0n) is 10.2. The molecule has 0 aliphatic heterocycles. The van der Waals surface area contributed by atoms with Gasteiger partial charge in [0.05, 0.1) is 5.75 Å².